The van der Waals surface area contributed by atoms with Gasteiger partial charge in [-0.15, -0.1) is 0 Å². The highest BCUT2D eigenvalue weighted by molar-refractivity contribution is 5.74. The first-order chi connectivity index (χ1) is 11.3. The molecule has 2 heterocycles. The van der Waals surface area contributed by atoms with Crippen LogP contribution in [0.5, 0.6) is 5.88 Å². The Bertz CT molecular complexity index is 633. The molecular formula is C18H20N2O3. The van der Waals surface area contributed by atoms with E-state index in [9.17, 15) is 4.79 Å². The summed E-state index contributed by atoms with van der Waals surface area (Å²) in [6.45, 7) is 3.05. The van der Waals surface area contributed by atoms with Crippen LogP contribution in [0, 0.1) is 0 Å². The van der Waals surface area contributed by atoms with Crippen molar-refractivity contribution in [3.63, 3.8) is 0 Å². The van der Waals surface area contributed by atoms with Gasteiger partial charge in [-0.3, -0.25) is 4.79 Å². The number of pyridine rings is 1. The van der Waals surface area contributed by atoms with Gasteiger partial charge in [0.1, 0.15) is 12.7 Å². The largest absolute Gasteiger partial charge is 0.475 e. The third-order valence-electron chi connectivity index (χ3n) is 3.93. The zero-order valence-corrected chi connectivity index (χ0v) is 13.1. The van der Waals surface area contributed by atoms with E-state index in [2.05, 4.69) is 4.98 Å². The molecule has 0 bridgehead atoms. The maximum atomic E-state index is 12.0. The Hall–Kier alpha value is -2.40. The topological polar surface area (TPSA) is 51.7 Å². The lowest BCUT2D eigenvalue weighted by atomic mass is 9.98. The van der Waals surface area contributed by atoms with Gasteiger partial charge in [0.15, 0.2) is 0 Å². The number of ether oxygens (including phenoxy) is 2. The first kappa shape index (κ1) is 15.5. The molecule has 23 heavy (non-hydrogen) atoms. The minimum Gasteiger partial charge on any atom is -0.475 e. The summed E-state index contributed by atoms with van der Waals surface area (Å²) in [4.78, 5) is 18.0. The van der Waals surface area contributed by atoms with Crippen LogP contribution < -0.4 is 4.74 Å². The SMILES string of the molecule is CC(=O)N1CCO[C@@H](COc2ccccn2)[C@@H]1c1ccccc1. The Morgan fingerprint density at radius 3 is 2.74 bits per heavy atom. The molecule has 2 aromatic rings. The van der Waals surface area contributed by atoms with Gasteiger partial charge in [0.2, 0.25) is 11.8 Å². The molecule has 1 amide bonds. The monoisotopic (exact) mass is 312 g/mol. The minimum atomic E-state index is -0.225. The predicted octanol–water partition coefficient (Wildman–Crippen LogP) is 2.45. The van der Waals surface area contributed by atoms with Gasteiger partial charge in [0, 0.05) is 25.7 Å². The van der Waals surface area contributed by atoms with Gasteiger partial charge in [0.05, 0.1) is 12.6 Å². The molecule has 0 aliphatic carbocycles. The molecule has 2 atom stereocenters. The molecule has 1 aromatic carbocycles. The lowest BCUT2D eigenvalue weighted by Gasteiger charge is -2.40. The van der Waals surface area contributed by atoms with Crippen LogP contribution in [-0.2, 0) is 9.53 Å². The van der Waals surface area contributed by atoms with E-state index in [4.69, 9.17) is 9.47 Å². The minimum absolute atomic E-state index is 0.0463. The van der Waals surface area contributed by atoms with E-state index in [0.29, 0.717) is 25.6 Å². The maximum Gasteiger partial charge on any atom is 0.220 e. The van der Waals surface area contributed by atoms with Crippen LogP contribution in [0.15, 0.2) is 54.7 Å². The van der Waals surface area contributed by atoms with Crippen LogP contribution in [-0.4, -0.2) is 41.7 Å². The van der Waals surface area contributed by atoms with Gasteiger partial charge in [-0.1, -0.05) is 36.4 Å². The number of hydrogen-bond donors (Lipinski definition) is 0. The van der Waals surface area contributed by atoms with Crippen LogP contribution in [0.1, 0.15) is 18.5 Å². The number of morpholine rings is 1. The highest BCUT2D eigenvalue weighted by Crippen LogP contribution is 2.30. The quantitative estimate of drug-likeness (QED) is 0.870. The Morgan fingerprint density at radius 1 is 1.26 bits per heavy atom. The van der Waals surface area contributed by atoms with Crippen LogP contribution in [0.3, 0.4) is 0 Å². The van der Waals surface area contributed by atoms with E-state index < -0.39 is 0 Å². The predicted molar refractivity (Wildman–Crippen MR) is 86.0 cm³/mol. The molecule has 0 unspecified atom stereocenters. The van der Waals surface area contributed by atoms with Crippen molar-refractivity contribution < 1.29 is 14.3 Å². The zero-order chi connectivity index (χ0) is 16.1. The van der Waals surface area contributed by atoms with Crippen LogP contribution in [0.2, 0.25) is 0 Å². The molecule has 1 aliphatic rings. The normalized spacial score (nSPS) is 21.0. The van der Waals surface area contributed by atoms with Crippen molar-refractivity contribution >= 4 is 5.91 Å². The summed E-state index contributed by atoms with van der Waals surface area (Å²) in [5, 5.41) is 0. The molecule has 1 saturated heterocycles. The van der Waals surface area contributed by atoms with E-state index >= 15 is 0 Å². The molecule has 5 heteroatoms. The van der Waals surface area contributed by atoms with Gasteiger partial charge in [-0.25, -0.2) is 4.98 Å². The highest BCUT2D eigenvalue weighted by Gasteiger charge is 2.35. The van der Waals surface area contributed by atoms with Gasteiger partial charge >= 0.3 is 0 Å². The van der Waals surface area contributed by atoms with E-state index in [1.54, 1.807) is 13.1 Å². The second-order valence-electron chi connectivity index (χ2n) is 5.46. The summed E-state index contributed by atoms with van der Waals surface area (Å²) in [6, 6.07) is 15.3. The number of aromatic nitrogens is 1. The second kappa shape index (κ2) is 7.24. The molecule has 120 valence electrons. The van der Waals surface area contributed by atoms with Gasteiger partial charge in [-0.2, -0.15) is 0 Å². The number of carbonyl (C=O) groups is 1. The van der Waals surface area contributed by atoms with Crippen molar-refractivity contribution in [3.8, 4) is 5.88 Å². The summed E-state index contributed by atoms with van der Waals surface area (Å²) in [7, 11) is 0. The first-order valence-electron chi connectivity index (χ1n) is 7.73. The second-order valence-corrected chi connectivity index (χ2v) is 5.46. The lowest BCUT2D eigenvalue weighted by molar-refractivity contribution is -0.147. The van der Waals surface area contributed by atoms with Crippen LogP contribution >= 0.6 is 0 Å². The molecule has 3 rings (SSSR count). The number of hydrogen-bond acceptors (Lipinski definition) is 4. The fourth-order valence-corrected chi connectivity index (χ4v) is 2.87. The highest BCUT2D eigenvalue weighted by atomic mass is 16.5. The number of rotatable bonds is 4. The molecule has 0 radical (unpaired) electrons. The van der Waals surface area contributed by atoms with Gasteiger partial charge < -0.3 is 14.4 Å². The molecule has 1 aromatic heterocycles. The van der Waals surface area contributed by atoms with Crippen molar-refractivity contribution in [1.82, 2.24) is 9.88 Å². The molecule has 1 aliphatic heterocycles. The Morgan fingerprint density at radius 2 is 2.04 bits per heavy atom. The Kier molecular flexibility index (Phi) is 4.88. The number of benzene rings is 1. The van der Waals surface area contributed by atoms with Crippen LogP contribution in [0.4, 0.5) is 0 Å². The van der Waals surface area contributed by atoms with Crippen molar-refractivity contribution in [2.75, 3.05) is 19.8 Å². The molecule has 0 spiro atoms. The molecular weight excluding hydrogens is 292 g/mol. The Labute approximate surface area is 135 Å². The van der Waals surface area contributed by atoms with Crippen molar-refractivity contribution in [2.45, 2.75) is 19.1 Å². The average Bonchev–Trinajstić information content (AvgIpc) is 2.61. The summed E-state index contributed by atoms with van der Waals surface area (Å²) >= 11 is 0. The lowest BCUT2D eigenvalue weighted by Crippen LogP contribution is -2.49. The van der Waals surface area contributed by atoms with Gasteiger partial charge in [-0.05, 0) is 11.6 Å². The summed E-state index contributed by atoms with van der Waals surface area (Å²) in [5.41, 5.74) is 1.05. The molecule has 1 fully saturated rings. The number of carbonyl (C=O) groups excluding carboxylic acids is 1. The fraction of sp³-hybridized carbons (Fsp3) is 0.333. The third kappa shape index (κ3) is 3.68. The number of nitrogens with zero attached hydrogens (tertiary/aromatic N) is 2. The van der Waals surface area contributed by atoms with Crippen molar-refractivity contribution in [2.24, 2.45) is 0 Å². The molecule has 0 N–H and O–H groups in total. The van der Waals surface area contributed by atoms with Crippen LogP contribution in [0.25, 0.3) is 0 Å². The molecule has 0 saturated carbocycles. The fourth-order valence-electron chi connectivity index (χ4n) is 2.87. The van der Waals surface area contributed by atoms with Crippen molar-refractivity contribution in [3.05, 3.63) is 60.3 Å². The zero-order valence-electron chi connectivity index (χ0n) is 13.1. The Balaban J connectivity index is 1.79. The first-order valence-corrected chi connectivity index (χ1v) is 7.73. The van der Waals surface area contributed by atoms with E-state index in [-0.39, 0.29) is 18.1 Å². The average molecular weight is 312 g/mol. The third-order valence-corrected chi connectivity index (χ3v) is 3.93. The van der Waals surface area contributed by atoms with E-state index in [1.165, 1.54) is 0 Å². The molecule has 5 nitrogen and oxygen atoms in total. The summed E-state index contributed by atoms with van der Waals surface area (Å²) in [5.74, 6) is 0.604. The summed E-state index contributed by atoms with van der Waals surface area (Å²) in [6.07, 6.45) is 1.46. The summed E-state index contributed by atoms with van der Waals surface area (Å²) < 4.78 is 11.7. The smallest absolute Gasteiger partial charge is 0.220 e. The van der Waals surface area contributed by atoms with Crippen molar-refractivity contribution in [1.29, 1.82) is 0 Å². The standard InChI is InChI=1S/C18H20N2O3/c1-14(21)20-11-12-22-16(13-23-17-9-5-6-10-19-17)18(20)15-7-3-2-4-8-15/h2-10,16,18H,11-13H2,1H3/t16-,18-/m0/s1. The van der Waals surface area contributed by atoms with E-state index in [0.717, 1.165) is 5.56 Å². The van der Waals surface area contributed by atoms with E-state index in [1.807, 2.05) is 53.4 Å². The maximum absolute atomic E-state index is 12.0. The number of amides is 1. The van der Waals surface area contributed by atoms with Gasteiger partial charge in [0.25, 0.3) is 0 Å².